The van der Waals surface area contributed by atoms with Crippen LogP contribution in [0.2, 0.25) is 0 Å². The third kappa shape index (κ3) is 1.78. The molecule has 92 valence electrons. The van der Waals surface area contributed by atoms with Crippen LogP contribution < -0.4 is 11.1 Å². The number of fused-ring (bicyclic) bond motifs is 3. The lowest BCUT2D eigenvalue weighted by Crippen LogP contribution is -2.18. The number of carbonyl (C=O) groups excluding carboxylic acids is 1. The molecular formula is C14H14N2OS. The van der Waals surface area contributed by atoms with Crippen molar-refractivity contribution in [2.75, 3.05) is 5.32 Å². The maximum Gasteiger partial charge on any atom is 0.317 e. The molecule has 3 rings (SSSR count). The molecule has 2 aromatic rings. The van der Waals surface area contributed by atoms with Crippen LogP contribution in [-0.2, 0) is 6.42 Å². The van der Waals surface area contributed by atoms with Crippen molar-refractivity contribution in [3.05, 3.63) is 41.5 Å². The quantitative estimate of drug-likeness (QED) is 0.807. The fourth-order valence-electron chi connectivity index (χ4n) is 2.56. The van der Waals surface area contributed by atoms with Gasteiger partial charge in [0.2, 0.25) is 0 Å². The van der Waals surface area contributed by atoms with E-state index in [4.69, 9.17) is 5.73 Å². The van der Waals surface area contributed by atoms with Gasteiger partial charge in [-0.15, -0.1) is 11.3 Å². The van der Waals surface area contributed by atoms with E-state index in [0.29, 0.717) is 5.92 Å². The molecule has 2 amide bonds. The number of amides is 2. The van der Waals surface area contributed by atoms with Crippen LogP contribution in [-0.4, -0.2) is 6.03 Å². The minimum Gasteiger partial charge on any atom is -0.351 e. The van der Waals surface area contributed by atoms with Gasteiger partial charge in [0, 0.05) is 4.88 Å². The molecular weight excluding hydrogens is 244 g/mol. The van der Waals surface area contributed by atoms with Crippen LogP contribution in [0.3, 0.4) is 0 Å². The number of thiophene rings is 1. The Labute approximate surface area is 110 Å². The summed E-state index contributed by atoms with van der Waals surface area (Å²) in [5.74, 6) is 0.518. The van der Waals surface area contributed by atoms with Gasteiger partial charge in [0.05, 0.1) is 5.00 Å². The molecule has 3 nitrogen and oxygen atoms in total. The van der Waals surface area contributed by atoms with Crippen LogP contribution >= 0.6 is 11.3 Å². The number of hydrogen-bond donors (Lipinski definition) is 2. The highest BCUT2D eigenvalue weighted by atomic mass is 32.1. The van der Waals surface area contributed by atoms with E-state index in [1.165, 1.54) is 21.6 Å². The first-order chi connectivity index (χ1) is 8.65. The van der Waals surface area contributed by atoms with Crippen molar-refractivity contribution in [3.63, 3.8) is 0 Å². The Hall–Kier alpha value is -1.81. The van der Waals surface area contributed by atoms with Crippen LogP contribution in [0.1, 0.15) is 24.0 Å². The lowest BCUT2D eigenvalue weighted by atomic mass is 9.84. The summed E-state index contributed by atoms with van der Waals surface area (Å²) >= 11 is 1.60. The molecule has 0 bridgehead atoms. The number of nitrogens with two attached hydrogens (primary N) is 1. The molecule has 1 aliphatic rings. The van der Waals surface area contributed by atoms with Crippen molar-refractivity contribution in [2.45, 2.75) is 19.3 Å². The van der Waals surface area contributed by atoms with Gasteiger partial charge in [-0.3, -0.25) is 5.32 Å². The molecule has 0 fully saturated rings. The van der Waals surface area contributed by atoms with Crippen molar-refractivity contribution in [2.24, 2.45) is 5.73 Å². The third-order valence-corrected chi connectivity index (χ3v) is 4.44. The topological polar surface area (TPSA) is 55.1 Å². The van der Waals surface area contributed by atoms with Crippen LogP contribution in [0.5, 0.6) is 0 Å². The number of primary amides is 1. The highest BCUT2D eigenvalue weighted by Crippen LogP contribution is 2.45. The van der Waals surface area contributed by atoms with Crippen molar-refractivity contribution >= 4 is 22.4 Å². The monoisotopic (exact) mass is 258 g/mol. The van der Waals surface area contributed by atoms with Gasteiger partial charge < -0.3 is 5.73 Å². The van der Waals surface area contributed by atoms with Crippen molar-refractivity contribution < 1.29 is 4.79 Å². The van der Waals surface area contributed by atoms with Gasteiger partial charge in [-0.2, -0.15) is 0 Å². The second-order valence-corrected chi connectivity index (χ2v) is 5.70. The Balaban J connectivity index is 2.10. The van der Waals surface area contributed by atoms with Gasteiger partial charge in [0.1, 0.15) is 0 Å². The summed E-state index contributed by atoms with van der Waals surface area (Å²) in [6.45, 7) is 2.24. The molecule has 0 aliphatic heterocycles. The summed E-state index contributed by atoms with van der Waals surface area (Å²) in [7, 11) is 0. The maximum atomic E-state index is 10.9. The first-order valence-electron chi connectivity index (χ1n) is 5.93. The second kappa shape index (κ2) is 4.14. The number of anilines is 1. The van der Waals surface area contributed by atoms with Crippen LogP contribution in [0.25, 0.3) is 10.4 Å². The van der Waals surface area contributed by atoms with Gasteiger partial charge in [-0.05, 0) is 35.1 Å². The molecule has 18 heavy (non-hydrogen) atoms. The van der Waals surface area contributed by atoms with E-state index < -0.39 is 6.03 Å². The summed E-state index contributed by atoms with van der Waals surface area (Å²) in [5, 5.41) is 3.50. The highest BCUT2D eigenvalue weighted by Gasteiger charge is 2.23. The molecule has 0 radical (unpaired) electrons. The summed E-state index contributed by atoms with van der Waals surface area (Å²) in [6, 6.07) is 10.0. The van der Waals surface area contributed by atoms with Crippen molar-refractivity contribution in [3.8, 4) is 10.4 Å². The molecule has 1 aromatic carbocycles. The Morgan fingerprint density at radius 3 is 3.00 bits per heavy atom. The second-order valence-electron chi connectivity index (χ2n) is 4.65. The minimum absolute atomic E-state index is 0.505. The van der Waals surface area contributed by atoms with E-state index in [0.717, 1.165) is 11.4 Å². The van der Waals surface area contributed by atoms with E-state index in [-0.39, 0.29) is 0 Å². The average molecular weight is 258 g/mol. The van der Waals surface area contributed by atoms with Crippen LogP contribution in [0.15, 0.2) is 30.3 Å². The van der Waals surface area contributed by atoms with Gasteiger partial charge in [-0.25, -0.2) is 4.79 Å². The highest BCUT2D eigenvalue weighted by molar-refractivity contribution is 7.19. The standard InChI is InChI=1S/C14H14N2OS/c1-8-6-9-7-12(16-14(15)17)18-13(9)11-5-3-2-4-10(8)11/h2-5,7-8H,6H2,1H3,(H3,15,16,17). The Kier molecular flexibility index (Phi) is 2.59. The van der Waals surface area contributed by atoms with E-state index >= 15 is 0 Å². The third-order valence-electron chi connectivity index (χ3n) is 3.32. The Bertz CT molecular complexity index is 618. The van der Waals surface area contributed by atoms with Gasteiger partial charge >= 0.3 is 6.03 Å². The molecule has 1 aliphatic carbocycles. The zero-order valence-electron chi connectivity index (χ0n) is 10.1. The fourth-order valence-corrected chi connectivity index (χ4v) is 3.71. The molecule has 1 atom stereocenters. The first kappa shape index (κ1) is 11.3. The lowest BCUT2D eigenvalue weighted by Gasteiger charge is -2.22. The van der Waals surface area contributed by atoms with Crippen molar-refractivity contribution in [1.29, 1.82) is 0 Å². The smallest absolute Gasteiger partial charge is 0.317 e. The molecule has 0 saturated carbocycles. The van der Waals surface area contributed by atoms with Gasteiger partial charge in [0.15, 0.2) is 0 Å². The minimum atomic E-state index is -0.505. The van der Waals surface area contributed by atoms with Crippen LogP contribution in [0.4, 0.5) is 9.80 Å². The summed E-state index contributed by atoms with van der Waals surface area (Å²) in [6.07, 6.45) is 1.02. The van der Waals surface area contributed by atoms with Crippen molar-refractivity contribution in [1.82, 2.24) is 0 Å². The predicted molar refractivity (Wildman–Crippen MR) is 75.1 cm³/mol. The molecule has 1 heterocycles. The van der Waals surface area contributed by atoms with E-state index in [9.17, 15) is 4.79 Å². The van der Waals surface area contributed by atoms with Gasteiger partial charge in [-0.1, -0.05) is 31.2 Å². The lowest BCUT2D eigenvalue weighted by molar-refractivity contribution is 0.259. The predicted octanol–water partition coefficient (Wildman–Crippen LogP) is 3.57. The number of hydrogen-bond acceptors (Lipinski definition) is 2. The average Bonchev–Trinajstić information content (AvgIpc) is 2.71. The molecule has 1 aromatic heterocycles. The fraction of sp³-hybridized carbons (Fsp3) is 0.214. The Morgan fingerprint density at radius 2 is 2.22 bits per heavy atom. The number of rotatable bonds is 1. The first-order valence-corrected chi connectivity index (χ1v) is 6.75. The molecule has 1 unspecified atom stereocenters. The normalized spacial score (nSPS) is 16.8. The SMILES string of the molecule is CC1Cc2cc(NC(N)=O)sc2-c2ccccc21. The molecule has 3 N–H and O–H groups in total. The summed E-state index contributed by atoms with van der Waals surface area (Å²) < 4.78 is 0. The van der Waals surface area contributed by atoms with E-state index in [1.807, 2.05) is 6.07 Å². The molecule has 0 saturated heterocycles. The summed E-state index contributed by atoms with van der Waals surface area (Å²) in [4.78, 5) is 12.2. The largest absolute Gasteiger partial charge is 0.351 e. The zero-order valence-corrected chi connectivity index (χ0v) is 10.9. The van der Waals surface area contributed by atoms with Gasteiger partial charge in [0.25, 0.3) is 0 Å². The van der Waals surface area contributed by atoms with Crippen LogP contribution in [0, 0.1) is 0 Å². The maximum absolute atomic E-state index is 10.9. The number of carbonyl (C=O) groups is 1. The molecule has 0 spiro atoms. The number of benzene rings is 1. The van der Waals surface area contributed by atoms with E-state index in [1.54, 1.807) is 11.3 Å². The van der Waals surface area contributed by atoms with E-state index in [2.05, 4.69) is 36.5 Å². The number of nitrogens with one attached hydrogen (secondary N) is 1. The summed E-state index contributed by atoms with van der Waals surface area (Å²) in [5.41, 5.74) is 9.13. The molecule has 4 heteroatoms. The zero-order chi connectivity index (χ0) is 12.7. The number of urea groups is 1. The Morgan fingerprint density at radius 1 is 1.44 bits per heavy atom.